The molecular weight excluding hydrogens is 240 g/mol. The molecule has 4 heteroatoms. The van der Waals surface area contributed by atoms with Crippen molar-refractivity contribution in [3.63, 3.8) is 0 Å². The Hall–Kier alpha value is -1.42. The van der Waals surface area contributed by atoms with E-state index in [9.17, 15) is 0 Å². The summed E-state index contributed by atoms with van der Waals surface area (Å²) in [5.74, 6) is 1.54. The fourth-order valence-electron chi connectivity index (χ4n) is 2.62. The third kappa shape index (κ3) is 3.32. The Balaban J connectivity index is 2.11. The van der Waals surface area contributed by atoms with Crippen LogP contribution in [0.4, 0.5) is 5.69 Å². The van der Waals surface area contributed by atoms with Crippen LogP contribution in [0.25, 0.3) is 0 Å². The summed E-state index contributed by atoms with van der Waals surface area (Å²) in [6.07, 6.45) is 4.47. The summed E-state index contributed by atoms with van der Waals surface area (Å²) in [6.45, 7) is 2.08. The van der Waals surface area contributed by atoms with Crippen LogP contribution in [0.3, 0.4) is 0 Å². The summed E-state index contributed by atoms with van der Waals surface area (Å²) in [5.41, 5.74) is 8.24. The molecule has 0 aliphatic heterocycles. The molecule has 0 atom stereocenters. The van der Waals surface area contributed by atoms with Crippen molar-refractivity contribution in [3.8, 4) is 11.5 Å². The Morgan fingerprint density at radius 2 is 1.63 bits per heavy atom. The number of ether oxygens (including phenoxy) is 2. The number of nitrogens with two attached hydrogens (primary N) is 1. The first-order valence-corrected chi connectivity index (χ1v) is 6.88. The van der Waals surface area contributed by atoms with Crippen molar-refractivity contribution < 1.29 is 9.47 Å². The lowest BCUT2D eigenvalue weighted by Gasteiger charge is -2.28. The average molecular weight is 264 g/mol. The number of benzene rings is 1. The molecule has 0 radical (unpaired) electrons. The van der Waals surface area contributed by atoms with Gasteiger partial charge in [-0.3, -0.25) is 0 Å². The molecule has 19 heavy (non-hydrogen) atoms. The molecule has 1 aromatic rings. The number of hydrogen-bond acceptors (Lipinski definition) is 4. The molecule has 0 unspecified atom stereocenters. The second-order valence-electron chi connectivity index (χ2n) is 5.28. The molecule has 0 bridgehead atoms. The van der Waals surface area contributed by atoms with Crippen molar-refractivity contribution >= 4 is 5.69 Å². The number of methoxy groups -OCH3 is 2. The van der Waals surface area contributed by atoms with E-state index in [1.165, 1.54) is 5.56 Å². The van der Waals surface area contributed by atoms with Crippen LogP contribution in [0.15, 0.2) is 12.1 Å². The van der Waals surface area contributed by atoms with Gasteiger partial charge in [-0.15, -0.1) is 0 Å². The van der Waals surface area contributed by atoms with E-state index in [2.05, 4.69) is 12.2 Å². The van der Waals surface area contributed by atoms with Crippen LogP contribution in [0, 0.1) is 6.92 Å². The number of anilines is 1. The van der Waals surface area contributed by atoms with Gasteiger partial charge in [-0.1, -0.05) is 0 Å². The van der Waals surface area contributed by atoms with Gasteiger partial charge in [0.15, 0.2) is 11.5 Å². The molecule has 0 aromatic heterocycles. The standard InChI is InChI=1S/C15H24N2O2/c1-10-8-14(18-2)15(19-3)9-13(10)17-12-6-4-11(16)5-7-12/h8-9,11-12,17H,4-7,16H2,1-3H3. The van der Waals surface area contributed by atoms with Gasteiger partial charge in [0.1, 0.15) is 0 Å². The highest BCUT2D eigenvalue weighted by Gasteiger charge is 2.19. The number of aryl methyl sites for hydroxylation is 1. The van der Waals surface area contributed by atoms with Gasteiger partial charge in [0.2, 0.25) is 0 Å². The third-order valence-corrected chi connectivity index (χ3v) is 3.86. The Bertz CT molecular complexity index is 426. The van der Waals surface area contributed by atoms with E-state index in [-0.39, 0.29) is 0 Å². The Labute approximate surface area is 115 Å². The van der Waals surface area contributed by atoms with E-state index in [1.807, 2.05) is 12.1 Å². The lowest BCUT2D eigenvalue weighted by Crippen LogP contribution is -2.32. The predicted molar refractivity (Wildman–Crippen MR) is 78.1 cm³/mol. The van der Waals surface area contributed by atoms with Crippen molar-refractivity contribution in [1.82, 2.24) is 0 Å². The zero-order chi connectivity index (χ0) is 13.8. The van der Waals surface area contributed by atoms with Gasteiger partial charge < -0.3 is 20.5 Å². The minimum Gasteiger partial charge on any atom is -0.493 e. The molecule has 2 rings (SSSR count). The van der Waals surface area contributed by atoms with Crippen LogP contribution in [0.5, 0.6) is 11.5 Å². The van der Waals surface area contributed by atoms with Crippen molar-refractivity contribution in [2.24, 2.45) is 5.73 Å². The Morgan fingerprint density at radius 1 is 1.05 bits per heavy atom. The van der Waals surface area contributed by atoms with Gasteiger partial charge >= 0.3 is 0 Å². The topological polar surface area (TPSA) is 56.5 Å². The maximum Gasteiger partial charge on any atom is 0.162 e. The van der Waals surface area contributed by atoms with Gasteiger partial charge in [0.05, 0.1) is 14.2 Å². The van der Waals surface area contributed by atoms with E-state index in [4.69, 9.17) is 15.2 Å². The van der Waals surface area contributed by atoms with Crippen LogP contribution < -0.4 is 20.5 Å². The fourth-order valence-corrected chi connectivity index (χ4v) is 2.62. The summed E-state index contributed by atoms with van der Waals surface area (Å²) in [4.78, 5) is 0. The molecule has 1 aliphatic carbocycles. The summed E-state index contributed by atoms with van der Waals surface area (Å²) >= 11 is 0. The summed E-state index contributed by atoms with van der Waals surface area (Å²) in [5, 5.41) is 3.60. The van der Waals surface area contributed by atoms with Gasteiger partial charge in [-0.05, 0) is 44.2 Å². The van der Waals surface area contributed by atoms with Gasteiger partial charge in [-0.2, -0.15) is 0 Å². The molecule has 0 heterocycles. The number of rotatable bonds is 4. The molecule has 1 aliphatic rings. The smallest absolute Gasteiger partial charge is 0.162 e. The van der Waals surface area contributed by atoms with E-state index in [1.54, 1.807) is 14.2 Å². The molecule has 1 fully saturated rings. The van der Waals surface area contributed by atoms with Gasteiger partial charge in [-0.25, -0.2) is 0 Å². The molecule has 0 amide bonds. The highest BCUT2D eigenvalue weighted by Crippen LogP contribution is 2.34. The largest absolute Gasteiger partial charge is 0.493 e. The SMILES string of the molecule is COc1cc(C)c(NC2CCC(N)CC2)cc1OC. The van der Waals surface area contributed by atoms with E-state index in [0.717, 1.165) is 42.9 Å². The summed E-state index contributed by atoms with van der Waals surface area (Å²) < 4.78 is 10.7. The number of nitrogens with one attached hydrogen (secondary N) is 1. The highest BCUT2D eigenvalue weighted by atomic mass is 16.5. The lowest BCUT2D eigenvalue weighted by molar-refractivity contribution is 0.354. The molecule has 1 aromatic carbocycles. The minimum atomic E-state index is 0.379. The molecule has 0 saturated heterocycles. The van der Waals surface area contributed by atoms with E-state index < -0.39 is 0 Å². The van der Waals surface area contributed by atoms with Crippen LogP contribution in [0.2, 0.25) is 0 Å². The maximum atomic E-state index is 5.94. The maximum absolute atomic E-state index is 5.94. The number of hydrogen-bond donors (Lipinski definition) is 2. The molecule has 1 saturated carbocycles. The second kappa shape index (κ2) is 6.15. The molecule has 3 N–H and O–H groups in total. The second-order valence-corrected chi connectivity index (χ2v) is 5.28. The average Bonchev–Trinajstić information content (AvgIpc) is 2.43. The molecular formula is C15H24N2O2. The van der Waals surface area contributed by atoms with Crippen molar-refractivity contribution in [2.45, 2.75) is 44.7 Å². The Kier molecular flexibility index (Phi) is 4.53. The van der Waals surface area contributed by atoms with Gasteiger partial charge in [0.25, 0.3) is 0 Å². The highest BCUT2D eigenvalue weighted by molar-refractivity contribution is 5.60. The lowest BCUT2D eigenvalue weighted by atomic mass is 9.91. The molecule has 106 valence electrons. The molecule has 4 nitrogen and oxygen atoms in total. The zero-order valence-corrected chi connectivity index (χ0v) is 12.0. The van der Waals surface area contributed by atoms with E-state index in [0.29, 0.717) is 12.1 Å². The Morgan fingerprint density at radius 3 is 2.21 bits per heavy atom. The first-order chi connectivity index (χ1) is 9.13. The summed E-state index contributed by atoms with van der Waals surface area (Å²) in [7, 11) is 3.32. The summed E-state index contributed by atoms with van der Waals surface area (Å²) in [6, 6.07) is 4.92. The fraction of sp³-hybridized carbons (Fsp3) is 0.600. The quantitative estimate of drug-likeness (QED) is 0.878. The van der Waals surface area contributed by atoms with Crippen molar-refractivity contribution in [3.05, 3.63) is 17.7 Å². The van der Waals surface area contributed by atoms with Crippen LogP contribution in [-0.2, 0) is 0 Å². The zero-order valence-electron chi connectivity index (χ0n) is 12.0. The first kappa shape index (κ1) is 14.0. The predicted octanol–water partition coefficient (Wildman–Crippen LogP) is 2.69. The minimum absolute atomic E-state index is 0.379. The van der Waals surface area contributed by atoms with Crippen LogP contribution in [0.1, 0.15) is 31.2 Å². The normalized spacial score (nSPS) is 22.9. The van der Waals surface area contributed by atoms with Crippen molar-refractivity contribution in [1.29, 1.82) is 0 Å². The van der Waals surface area contributed by atoms with Crippen LogP contribution >= 0.6 is 0 Å². The first-order valence-electron chi connectivity index (χ1n) is 6.88. The van der Waals surface area contributed by atoms with E-state index >= 15 is 0 Å². The molecule has 0 spiro atoms. The van der Waals surface area contributed by atoms with Gasteiger partial charge in [0, 0.05) is 23.8 Å². The van der Waals surface area contributed by atoms with Crippen LogP contribution in [-0.4, -0.2) is 26.3 Å². The monoisotopic (exact) mass is 264 g/mol. The van der Waals surface area contributed by atoms with Crippen molar-refractivity contribution in [2.75, 3.05) is 19.5 Å². The third-order valence-electron chi connectivity index (χ3n) is 3.86.